The maximum absolute atomic E-state index is 11.2. The molecule has 0 spiro atoms. The number of carbonyl (C=O) groups is 4. The highest BCUT2D eigenvalue weighted by molar-refractivity contribution is 14.1. The minimum Gasteiger partial charge on any atom is -0.495 e. The van der Waals surface area contributed by atoms with Crippen molar-refractivity contribution >= 4 is 192 Å². The second-order valence-corrected chi connectivity index (χ2v) is 13.1. The molecule has 0 saturated heterocycles. The van der Waals surface area contributed by atoms with Gasteiger partial charge in [0.05, 0.1) is 39.6 Å². The first kappa shape index (κ1) is 35.8. The van der Waals surface area contributed by atoms with Crippen molar-refractivity contribution in [3.05, 3.63) is 44.7 Å². The summed E-state index contributed by atoms with van der Waals surface area (Å²) in [6.45, 7) is 0. The lowest BCUT2D eigenvalue weighted by molar-refractivity contribution is -0.127. The van der Waals surface area contributed by atoms with E-state index >= 15 is 0 Å². The molecule has 16 heteroatoms. The largest absolute Gasteiger partial charge is 0.495 e. The summed E-state index contributed by atoms with van der Waals surface area (Å²) in [5, 5.41) is 6.26. The van der Waals surface area contributed by atoms with Gasteiger partial charge in [-0.3, -0.25) is 14.4 Å². The lowest BCUT2D eigenvalue weighted by Crippen LogP contribution is -2.06. The first-order valence-electron chi connectivity index (χ1n) is 7.87. The highest BCUT2D eigenvalue weighted by atomic mass is 127. The molecule has 0 heterocycles. The zero-order valence-electron chi connectivity index (χ0n) is 16.5. The monoisotopic (exact) mass is 1200 g/mol. The van der Waals surface area contributed by atoms with E-state index in [0.29, 0.717) is 26.2 Å². The van der Waals surface area contributed by atoms with Gasteiger partial charge < -0.3 is 14.6 Å². The molecule has 0 amide bonds. The molecule has 0 aliphatic rings. The van der Waals surface area contributed by atoms with Gasteiger partial charge in [-0.25, -0.2) is 4.79 Å². The zero-order valence-corrected chi connectivity index (χ0v) is 31.7. The molecule has 34 heavy (non-hydrogen) atoms. The van der Waals surface area contributed by atoms with Crippen molar-refractivity contribution in [2.24, 2.45) is 0 Å². The molecule has 2 aromatic carbocycles. The lowest BCUT2D eigenvalue weighted by Gasteiger charge is -2.10. The molecule has 0 saturated carbocycles. The Labute approximate surface area is 291 Å². The van der Waals surface area contributed by atoms with Crippen LogP contribution >= 0.6 is 170 Å². The number of ether oxygens (including phenoxy) is 2. The van der Waals surface area contributed by atoms with Crippen molar-refractivity contribution in [1.82, 2.24) is 0 Å². The second kappa shape index (κ2) is 17.4. The second-order valence-electron chi connectivity index (χ2n) is 5.25. The summed E-state index contributed by atoms with van der Waals surface area (Å²) in [5.41, 5.74) is 0.827. The van der Waals surface area contributed by atoms with Crippen LogP contribution in [0.5, 0.6) is 11.5 Å². The van der Waals surface area contributed by atoms with E-state index in [-0.39, 0.29) is 0 Å². The molecule has 0 aliphatic heterocycles. The highest BCUT2D eigenvalue weighted by Gasteiger charge is 2.20. The van der Waals surface area contributed by atoms with Crippen molar-refractivity contribution < 1.29 is 33.8 Å². The van der Waals surface area contributed by atoms with Gasteiger partial charge in [0.1, 0.15) is 11.5 Å². The van der Waals surface area contributed by atoms with Crippen LogP contribution in [0.4, 0.5) is 0 Å². The number of hydrogen-bond acceptors (Lipinski definition) is 6. The molecule has 0 atom stereocenters. The van der Waals surface area contributed by atoms with Crippen molar-refractivity contribution in [2.75, 3.05) is 14.2 Å². The Morgan fingerprint density at radius 2 is 1.00 bits per heavy atom. The van der Waals surface area contributed by atoms with Crippen LogP contribution in [0.3, 0.4) is 0 Å². The van der Waals surface area contributed by atoms with Crippen LogP contribution in [0.1, 0.15) is 20.7 Å². The molecule has 0 aromatic heterocycles. The first-order valence-corrected chi connectivity index (χ1v) is 15.5. The first-order chi connectivity index (χ1) is 15.6. The predicted molar refractivity (Wildman–Crippen MR) is 181 cm³/mol. The lowest BCUT2D eigenvalue weighted by atomic mass is 10.2. The minimum absolute atomic E-state index is 0.309. The molecular formula is C18H9Cl3I6O7. The third kappa shape index (κ3) is 10.9. The minimum atomic E-state index is -1.14. The van der Waals surface area contributed by atoms with E-state index in [9.17, 15) is 19.2 Å². The summed E-state index contributed by atoms with van der Waals surface area (Å²) in [6, 6.07) is 3.67. The van der Waals surface area contributed by atoms with Gasteiger partial charge in [0, 0.05) is 7.14 Å². The highest BCUT2D eigenvalue weighted by Crippen LogP contribution is 2.34. The molecule has 7 nitrogen and oxygen atoms in total. The average Bonchev–Trinajstić information content (AvgIpc) is 2.68. The van der Waals surface area contributed by atoms with Gasteiger partial charge in [0.15, 0.2) is 0 Å². The maximum atomic E-state index is 11.2. The van der Waals surface area contributed by atoms with Crippen molar-refractivity contribution in [2.45, 2.75) is 0 Å². The Balaban J connectivity index is 0.000000521. The summed E-state index contributed by atoms with van der Waals surface area (Å²) in [6.07, 6.45) is 0. The van der Waals surface area contributed by atoms with Crippen LogP contribution in [-0.4, -0.2) is 41.0 Å². The molecule has 2 rings (SSSR count). The standard InChI is InChI=1S/C8H4ClI3O2.C8H5I3O3.C2Cl2O2/c1-14-7-4(11)2-3(10)5(6(7)12)8(9)13;1-14-7-4(10)2-3(9)5(6(7)11)8(12)13;3-1(5)2(4)6/h2H,1H3;2H,1H3,(H,12,13);. The fraction of sp³-hybridized carbons (Fsp3) is 0.111. The van der Waals surface area contributed by atoms with Gasteiger partial charge in [-0.1, -0.05) is 0 Å². The van der Waals surface area contributed by atoms with Crippen LogP contribution in [0.25, 0.3) is 0 Å². The average molecular weight is 1210 g/mol. The molecule has 0 radical (unpaired) electrons. The molecular weight excluding hydrogens is 1200 g/mol. The number of halogens is 9. The van der Waals surface area contributed by atoms with Crippen LogP contribution in [-0.2, 0) is 9.59 Å². The van der Waals surface area contributed by atoms with E-state index in [1.54, 1.807) is 13.2 Å². The topological polar surface area (TPSA) is 107 Å². The quantitative estimate of drug-likeness (QED) is 0.187. The smallest absolute Gasteiger partial charge is 0.337 e. The van der Waals surface area contributed by atoms with Gasteiger partial charge in [-0.2, -0.15) is 0 Å². The normalized spacial score (nSPS) is 9.62. The number of carboxylic acids is 1. The Morgan fingerprint density at radius 1 is 0.676 bits per heavy atom. The molecule has 2 aromatic rings. The van der Waals surface area contributed by atoms with Crippen LogP contribution in [0.15, 0.2) is 12.1 Å². The van der Waals surface area contributed by atoms with Crippen LogP contribution < -0.4 is 9.47 Å². The van der Waals surface area contributed by atoms with Gasteiger partial charge in [0.2, 0.25) is 0 Å². The molecule has 1 N–H and O–H groups in total. The van der Waals surface area contributed by atoms with E-state index in [1.807, 2.05) is 51.2 Å². The van der Waals surface area contributed by atoms with E-state index in [1.165, 1.54) is 7.11 Å². The van der Waals surface area contributed by atoms with Gasteiger partial charge in [-0.15, -0.1) is 0 Å². The van der Waals surface area contributed by atoms with Gasteiger partial charge in [0.25, 0.3) is 5.24 Å². The SMILES string of the molecule is COc1c(I)cc(I)c(C(=O)Cl)c1I.COc1c(I)cc(I)c(C(=O)O)c1I.O=C(Cl)C(=O)Cl. The number of benzene rings is 2. The van der Waals surface area contributed by atoms with E-state index in [0.717, 1.165) is 17.9 Å². The van der Waals surface area contributed by atoms with Crippen molar-refractivity contribution in [3.8, 4) is 11.5 Å². The Hall–Kier alpha value is 1.77. The summed E-state index contributed by atoms with van der Waals surface area (Å²) in [4.78, 5) is 41.0. The molecule has 0 unspecified atom stereocenters. The Kier molecular flexibility index (Phi) is 18.3. The Bertz CT molecular complexity index is 1040. The fourth-order valence-electron chi connectivity index (χ4n) is 1.89. The zero-order chi connectivity index (χ0) is 26.9. The number of carbonyl (C=O) groups excluding carboxylic acids is 3. The number of methoxy groups -OCH3 is 2. The fourth-order valence-corrected chi connectivity index (χ4v) is 11.0. The predicted octanol–water partition coefficient (Wildman–Crippen LogP) is 7.61. The number of aromatic carboxylic acids is 1. The maximum Gasteiger partial charge on any atom is 0.337 e. The number of carboxylic acid groups (broad SMARTS) is 1. The summed E-state index contributed by atoms with van der Waals surface area (Å²) in [5.74, 6) is 0.410. The third-order valence-corrected chi connectivity index (χ3v) is 9.22. The number of rotatable bonds is 5. The van der Waals surface area contributed by atoms with Gasteiger partial charge >= 0.3 is 16.5 Å². The molecule has 186 valence electrons. The Morgan fingerprint density at radius 3 is 1.26 bits per heavy atom. The summed E-state index contributed by atoms with van der Waals surface area (Å²) < 4.78 is 15.2. The van der Waals surface area contributed by atoms with Crippen LogP contribution in [0.2, 0.25) is 0 Å². The number of hydrogen-bond donors (Lipinski definition) is 1. The molecule has 0 fully saturated rings. The molecule has 0 bridgehead atoms. The van der Waals surface area contributed by atoms with E-state index in [2.05, 4.69) is 114 Å². The van der Waals surface area contributed by atoms with Gasteiger partial charge in [-0.05, 0) is 182 Å². The summed E-state index contributed by atoms with van der Waals surface area (Å²) in [7, 11) is 3.12. The van der Waals surface area contributed by atoms with Crippen LogP contribution in [0, 0.1) is 21.4 Å². The van der Waals surface area contributed by atoms with Crippen molar-refractivity contribution in [3.63, 3.8) is 0 Å². The third-order valence-electron chi connectivity index (χ3n) is 3.23. The summed E-state index contributed by atoms with van der Waals surface area (Å²) >= 11 is 26.9. The van der Waals surface area contributed by atoms with Crippen molar-refractivity contribution in [1.29, 1.82) is 0 Å². The van der Waals surface area contributed by atoms with E-state index < -0.39 is 21.7 Å². The molecule has 0 aliphatic carbocycles. The van der Waals surface area contributed by atoms with E-state index in [4.69, 9.17) is 26.2 Å².